The Morgan fingerprint density at radius 3 is 2.88 bits per heavy atom. The predicted octanol–water partition coefficient (Wildman–Crippen LogP) is 3.80. The third kappa shape index (κ3) is 2.63. The maximum absolute atomic E-state index is 13.5. The fourth-order valence-corrected chi connectivity index (χ4v) is 2.64. The first-order valence-electron chi connectivity index (χ1n) is 5.84. The van der Waals surface area contributed by atoms with Crippen molar-refractivity contribution >= 4 is 15.9 Å². The predicted molar refractivity (Wildman–Crippen MR) is 69.8 cm³/mol. The van der Waals surface area contributed by atoms with Crippen LogP contribution >= 0.6 is 15.9 Å². The molecule has 4 heteroatoms. The summed E-state index contributed by atoms with van der Waals surface area (Å²) in [5, 5.41) is 3.42. The van der Waals surface area contributed by atoms with Gasteiger partial charge in [-0.05, 0) is 42.4 Å². The molecule has 1 heterocycles. The third-order valence-corrected chi connectivity index (χ3v) is 3.57. The quantitative estimate of drug-likeness (QED) is 0.897. The number of halogens is 2. The molecular weight excluding hydrogens is 285 g/mol. The molecule has 2 rings (SSSR count). The average molecular weight is 302 g/mol. The second-order valence-electron chi connectivity index (χ2n) is 4.98. The van der Waals surface area contributed by atoms with Gasteiger partial charge in [0.15, 0.2) is 0 Å². The molecule has 0 aromatic heterocycles. The van der Waals surface area contributed by atoms with Crippen molar-refractivity contribution in [3.8, 4) is 5.75 Å². The molecule has 1 aliphatic rings. The van der Waals surface area contributed by atoms with Crippen molar-refractivity contribution in [1.29, 1.82) is 0 Å². The van der Waals surface area contributed by atoms with Crippen LogP contribution in [0.2, 0.25) is 0 Å². The van der Waals surface area contributed by atoms with Crippen LogP contribution in [0.5, 0.6) is 5.75 Å². The minimum absolute atomic E-state index is 0.218. The Kier molecular flexibility index (Phi) is 3.46. The summed E-state index contributed by atoms with van der Waals surface area (Å²) in [6.45, 7) is 7.01. The second-order valence-corrected chi connectivity index (χ2v) is 5.83. The Morgan fingerprint density at radius 2 is 2.24 bits per heavy atom. The Labute approximate surface area is 110 Å². The summed E-state index contributed by atoms with van der Waals surface area (Å²) in [5.41, 5.74) is 0.763. The Hall–Kier alpha value is -0.610. The van der Waals surface area contributed by atoms with E-state index >= 15 is 0 Å². The maximum Gasteiger partial charge on any atom is 0.141 e. The minimum Gasteiger partial charge on any atom is -0.487 e. The zero-order valence-corrected chi connectivity index (χ0v) is 11.9. The highest BCUT2D eigenvalue weighted by molar-refractivity contribution is 9.10. The highest BCUT2D eigenvalue weighted by Gasteiger charge is 2.33. The molecular formula is C13H17BrFNO. The molecule has 0 bridgehead atoms. The van der Waals surface area contributed by atoms with Gasteiger partial charge in [0.05, 0.1) is 4.47 Å². The number of fused-ring (bicyclic) bond motifs is 1. The summed E-state index contributed by atoms with van der Waals surface area (Å²) in [4.78, 5) is 0. The normalized spacial score (nSPS) is 21.8. The molecule has 0 aliphatic carbocycles. The fourth-order valence-electron chi connectivity index (χ4n) is 2.27. The lowest BCUT2D eigenvalue weighted by molar-refractivity contribution is 0.0659. The zero-order chi connectivity index (χ0) is 12.6. The number of rotatable bonds is 2. The highest BCUT2D eigenvalue weighted by atomic mass is 79.9. The molecule has 0 spiro atoms. The van der Waals surface area contributed by atoms with Crippen molar-refractivity contribution < 1.29 is 9.13 Å². The first-order chi connectivity index (χ1) is 7.93. The SMILES string of the molecule is CCNC1CC(C)(C)Oc2cc(F)c(Br)cc21. The number of ether oxygens (including phenoxy) is 1. The summed E-state index contributed by atoms with van der Waals surface area (Å²) >= 11 is 3.22. The van der Waals surface area contributed by atoms with Crippen LogP contribution in [0.1, 0.15) is 38.8 Å². The van der Waals surface area contributed by atoms with Crippen molar-refractivity contribution in [2.24, 2.45) is 0 Å². The van der Waals surface area contributed by atoms with Gasteiger partial charge in [0.2, 0.25) is 0 Å². The first-order valence-corrected chi connectivity index (χ1v) is 6.63. The standard InChI is InChI=1S/C13H17BrFNO/c1-4-16-11-7-13(2,3)17-12-6-10(15)9(14)5-8(11)12/h5-6,11,16H,4,7H2,1-3H3. The van der Waals surface area contributed by atoms with E-state index in [0.717, 1.165) is 18.5 Å². The summed E-state index contributed by atoms with van der Waals surface area (Å²) in [6, 6.07) is 3.49. The molecule has 1 N–H and O–H groups in total. The van der Waals surface area contributed by atoms with Gasteiger partial charge in [-0.25, -0.2) is 4.39 Å². The number of hydrogen-bond donors (Lipinski definition) is 1. The van der Waals surface area contributed by atoms with Crippen LogP contribution in [0.25, 0.3) is 0 Å². The Morgan fingerprint density at radius 1 is 1.53 bits per heavy atom. The van der Waals surface area contributed by atoms with E-state index in [-0.39, 0.29) is 17.5 Å². The monoisotopic (exact) mass is 301 g/mol. The van der Waals surface area contributed by atoms with Gasteiger partial charge in [0.25, 0.3) is 0 Å². The molecule has 1 aromatic rings. The van der Waals surface area contributed by atoms with E-state index in [4.69, 9.17) is 4.74 Å². The molecule has 0 fully saturated rings. The van der Waals surface area contributed by atoms with Crippen LogP contribution in [0.4, 0.5) is 4.39 Å². The van der Waals surface area contributed by atoms with E-state index in [1.165, 1.54) is 6.07 Å². The summed E-state index contributed by atoms with van der Waals surface area (Å²) < 4.78 is 19.8. The first kappa shape index (κ1) is 12.8. The van der Waals surface area contributed by atoms with Crippen molar-refractivity contribution in [2.75, 3.05) is 6.54 Å². The van der Waals surface area contributed by atoms with Crippen molar-refractivity contribution in [2.45, 2.75) is 38.8 Å². The van der Waals surface area contributed by atoms with Crippen molar-refractivity contribution in [1.82, 2.24) is 5.32 Å². The minimum atomic E-state index is -0.281. The van der Waals surface area contributed by atoms with Gasteiger partial charge in [-0.2, -0.15) is 0 Å². The molecule has 1 aromatic carbocycles. The molecule has 1 unspecified atom stereocenters. The van der Waals surface area contributed by atoms with Crippen LogP contribution in [0.15, 0.2) is 16.6 Å². The zero-order valence-electron chi connectivity index (χ0n) is 10.3. The van der Waals surface area contributed by atoms with Gasteiger partial charge in [-0.15, -0.1) is 0 Å². The van der Waals surface area contributed by atoms with E-state index in [0.29, 0.717) is 10.2 Å². The van der Waals surface area contributed by atoms with Crippen LogP contribution < -0.4 is 10.1 Å². The summed E-state index contributed by atoms with van der Waals surface area (Å²) in [6.07, 6.45) is 0.881. The number of nitrogens with one attached hydrogen (secondary N) is 1. The van der Waals surface area contributed by atoms with Crippen LogP contribution in [-0.4, -0.2) is 12.1 Å². The average Bonchev–Trinajstić information content (AvgIpc) is 2.20. The lowest BCUT2D eigenvalue weighted by Crippen LogP contribution is -2.39. The van der Waals surface area contributed by atoms with E-state index in [9.17, 15) is 4.39 Å². The van der Waals surface area contributed by atoms with E-state index in [2.05, 4.69) is 28.2 Å². The molecule has 1 atom stereocenters. The number of hydrogen-bond acceptors (Lipinski definition) is 2. The fraction of sp³-hybridized carbons (Fsp3) is 0.538. The lowest BCUT2D eigenvalue weighted by atomic mass is 9.89. The van der Waals surface area contributed by atoms with Crippen LogP contribution in [0, 0.1) is 5.82 Å². The molecule has 0 amide bonds. The lowest BCUT2D eigenvalue weighted by Gasteiger charge is -2.38. The van der Waals surface area contributed by atoms with Gasteiger partial charge in [0.1, 0.15) is 17.2 Å². The largest absolute Gasteiger partial charge is 0.487 e. The molecule has 1 aliphatic heterocycles. The van der Waals surface area contributed by atoms with Gasteiger partial charge in [-0.3, -0.25) is 0 Å². The van der Waals surface area contributed by atoms with Crippen LogP contribution in [-0.2, 0) is 0 Å². The molecule has 0 saturated heterocycles. The van der Waals surface area contributed by atoms with E-state index < -0.39 is 0 Å². The maximum atomic E-state index is 13.5. The Bertz CT molecular complexity index is 434. The van der Waals surface area contributed by atoms with Crippen LogP contribution in [0.3, 0.4) is 0 Å². The highest BCUT2D eigenvalue weighted by Crippen LogP contribution is 2.41. The van der Waals surface area contributed by atoms with Crippen molar-refractivity contribution in [3.63, 3.8) is 0 Å². The molecule has 0 radical (unpaired) electrons. The summed E-state index contributed by atoms with van der Waals surface area (Å²) in [5.74, 6) is 0.365. The van der Waals surface area contributed by atoms with E-state index in [1.54, 1.807) is 0 Å². The van der Waals surface area contributed by atoms with Crippen molar-refractivity contribution in [3.05, 3.63) is 28.0 Å². The molecule has 2 nitrogen and oxygen atoms in total. The summed E-state index contributed by atoms with van der Waals surface area (Å²) in [7, 11) is 0. The molecule has 0 saturated carbocycles. The Balaban J connectivity index is 2.45. The third-order valence-electron chi connectivity index (χ3n) is 2.96. The molecule has 94 valence electrons. The van der Waals surface area contributed by atoms with Gasteiger partial charge < -0.3 is 10.1 Å². The van der Waals surface area contributed by atoms with E-state index in [1.807, 2.05) is 19.9 Å². The topological polar surface area (TPSA) is 21.3 Å². The smallest absolute Gasteiger partial charge is 0.141 e. The molecule has 17 heavy (non-hydrogen) atoms. The van der Waals surface area contributed by atoms with Gasteiger partial charge in [-0.1, -0.05) is 6.92 Å². The number of benzene rings is 1. The van der Waals surface area contributed by atoms with Gasteiger partial charge in [0, 0.05) is 24.1 Å². The van der Waals surface area contributed by atoms with Gasteiger partial charge >= 0.3 is 0 Å². The second kappa shape index (κ2) is 4.58.